The summed E-state index contributed by atoms with van der Waals surface area (Å²) in [6.07, 6.45) is -4.31. The largest absolute Gasteiger partial charge is 0.484 e. The SMILES string of the molecule is CN=C(NCc1ccccc1OCC(F)(F)F)NCC1CN(CC(C)C)CCO1. The maximum Gasteiger partial charge on any atom is 0.422 e. The molecule has 1 aromatic carbocycles. The van der Waals surface area contributed by atoms with Crippen molar-refractivity contribution in [2.45, 2.75) is 32.7 Å². The van der Waals surface area contributed by atoms with Gasteiger partial charge in [-0.2, -0.15) is 13.2 Å². The van der Waals surface area contributed by atoms with Crippen molar-refractivity contribution in [3.8, 4) is 5.75 Å². The average molecular weight is 416 g/mol. The van der Waals surface area contributed by atoms with Crippen molar-refractivity contribution >= 4 is 5.96 Å². The van der Waals surface area contributed by atoms with Crippen LogP contribution in [0, 0.1) is 5.92 Å². The second-order valence-corrected chi connectivity index (χ2v) is 7.46. The standard InChI is InChI=1S/C20H31F3N4O2/c1-15(2)12-27-8-9-28-17(13-27)11-26-19(24-3)25-10-16-6-4-5-7-18(16)29-14-20(21,22)23/h4-7,15,17H,8-14H2,1-3H3,(H2,24,25,26). The van der Waals surface area contributed by atoms with Gasteiger partial charge in [0.25, 0.3) is 0 Å². The molecule has 2 N–H and O–H groups in total. The molecule has 0 saturated carbocycles. The summed E-state index contributed by atoms with van der Waals surface area (Å²) in [5.74, 6) is 1.36. The maximum absolute atomic E-state index is 12.4. The van der Waals surface area contributed by atoms with Gasteiger partial charge in [-0.1, -0.05) is 32.0 Å². The predicted molar refractivity (Wildman–Crippen MR) is 107 cm³/mol. The minimum Gasteiger partial charge on any atom is -0.484 e. The Kier molecular flexibility index (Phi) is 9.03. The van der Waals surface area contributed by atoms with Crippen LogP contribution >= 0.6 is 0 Å². The minimum atomic E-state index is -4.37. The van der Waals surface area contributed by atoms with Gasteiger partial charge in [0.1, 0.15) is 5.75 Å². The number of ether oxygens (including phenoxy) is 2. The van der Waals surface area contributed by atoms with Gasteiger partial charge in [0.15, 0.2) is 12.6 Å². The molecule has 6 nitrogen and oxygen atoms in total. The number of halogens is 3. The van der Waals surface area contributed by atoms with Gasteiger partial charge in [-0.25, -0.2) is 0 Å². The molecule has 0 aliphatic carbocycles. The number of para-hydroxylation sites is 1. The van der Waals surface area contributed by atoms with E-state index in [2.05, 4.69) is 34.4 Å². The van der Waals surface area contributed by atoms with E-state index >= 15 is 0 Å². The van der Waals surface area contributed by atoms with Gasteiger partial charge in [0.05, 0.1) is 12.7 Å². The summed E-state index contributed by atoms with van der Waals surface area (Å²) in [5, 5.41) is 6.34. The fourth-order valence-electron chi connectivity index (χ4n) is 3.15. The molecule has 0 aromatic heterocycles. The van der Waals surface area contributed by atoms with Crippen LogP contribution in [0.3, 0.4) is 0 Å². The van der Waals surface area contributed by atoms with Gasteiger partial charge in [0.2, 0.25) is 0 Å². The highest BCUT2D eigenvalue weighted by Crippen LogP contribution is 2.22. The molecule has 1 aliphatic heterocycles. The van der Waals surface area contributed by atoms with E-state index in [0.717, 1.165) is 19.6 Å². The highest BCUT2D eigenvalue weighted by atomic mass is 19.4. The van der Waals surface area contributed by atoms with Crippen molar-refractivity contribution in [2.24, 2.45) is 10.9 Å². The van der Waals surface area contributed by atoms with Crippen LogP contribution in [0.25, 0.3) is 0 Å². The molecule has 0 radical (unpaired) electrons. The first-order valence-electron chi connectivity index (χ1n) is 9.82. The van der Waals surface area contributed by atoms with Gasteiger partial charge in [-0.3, -0.25) is 9.89 Å². The van der Waals surface area contributed by atoms with Crippen LogP contribution in [0.15, 0.2) is 29.3 Å². The maximum atomic E-state index is 12.4. The van der Waals surface area contributed by atoms with E-state index in [4.69, 9.17) is 9.47 Å². The third kappa shape index (κ3) is 8.91. The number of nitrogens with one attached hydrogen (secondary N) is 2. The van der Waals surface area contributed by atoms with Crippen molar-refractivity contribution in [3.05, 3.63) is 29.8 Å². The molecule has 1 saturated heterocycles. The van der Waals surface area contributed by atoms with E-state index in [9.17, 15) is 13.2 Å². The van der Waals surface area contributed by atoms with Crippen LogP contribution in [-0.4, -0.2) is 69.6 Å². The van der Waals surface area contributed by atoms with Crippen LogP contribution in [-0.2, 0) is 11.3 Å². The Bertz CT molecular complexity index is 653. The molecule has 1 fully saturated rings. The van der Waals surface area contributed by atoms with Crippen molar-refractivity contribution in [3.63, 3.8) is 0 Å². The summed E-state index contributed by atoms with van der Waals surface area (Å²) in [6, 6.07) is 6.65. The summed E-state index contributed by atoms with van der Waals surface area (Å²) < 4.78 is 48.0. The number of hydrogen-bond donors (Lipinski definition) is 2. The fourth-order valence-corrected chi connectivity index (χ4v) is 3.15. The second kappa shape index (κ2) is 11.3. The number of alkyl halides is 3. The van der Waals surface area contributed by atoms with Crippen LogP contribution < -0.4 is 15.4 Å². The summed E-state index contributed by atoms with van der Waals surface area (Å²) in [5.41, 5.74) is 0.622. The molecule has 164 valence electrons. The molecule has 1 unspecified atom stereocenters. The topological polar surface area (TPSA) is 58.1 Å². The lowest BCUT2D eigenvalue weighted by atomic mass is 10.2. The van der Waals surface area contributed by atoms with Crippen molar-refractivity contribution in [2.75, 3.05) is 46.4 Å². The molecule has 2 rings (SSSR count). The van der Waals surface area contributed by atoms with E-state index < -0.39 is 12.8 Å². The lowest BCUT2D eigenvalue weighted by Gasteiger charge is -2.34. The Labute approximate surface area is 170 Å². The number of guanidine groups is 1. The quantitative estimate of drug-likeness (QED) is 0.504. The number of morpholine rings is 1. The first kappa shape index (κ1) is 23.3. The Morgan fingerprint density at radius 3 is 2.76 bits per heavy atom. The molecule has 1 atom stereocenters. The highest BCUT2D eigenvalue weighted by molar-refractivity contribution is 5.79. The van der Waals surface area contributed by atoms with E-state index in [-0.39, 0.29) is 11.9 Å². The Morgan fingerprint density at radius 2 is 2.07 bits per heavy atom. The number of hydrogen-bond acceptors (Lipinski definition) is 4. The normalized spacial score (nSPS) is 18.7. The minimum absolute atomic E-state index is 0.0588. The molecule has 1 aromatic rings. The summed E-state index contributed by atoms with van der Waals surface area (Å²) in [7, 11) is 1.65. The van der Waals surface area contributed by atoms with Crippen LogP contribution in [0.5, 0.6) is 5.75 Å². The average Bonchev–Trinajstić information content (AvgIpc) is 2.66. The Morgan fingerprint density at radius 1 is 1.31 bits per heavy atom. The molecule has 29 heavy (non-hydrogen) atoms. The molecular weight excluding hydrogens is 385 g/mol. The summed E-state index contributed by atoms with van der Waals surface area (Å²) >= 11 is 0. The van der Waals surface area contributed by atoms with Crippen molar-refractivity contribution in [1.29, 1.82) is 0 Å². The van der Waals surface area contributed by atoms with Gasteiger partial charge >= 0.3 is 6.18 Å². The zero-order valence-corrected chi connectivity index (χ0v) is 17.3. The monoisotopic (exact) mass is 416 g/mol. The van der Waals surface area contributed by atoms with E-state index in [1.807, 2.05) is 0 Å². The molecule has 9 heteroatoms. The lowest BCUT2D eigenvalue weighted by Crippen LogP contribution is -2.50. The first-order chi connectivity index (χ1) is 13.8. The van der Waals surface area contributed by atoms with Crippen molar-refractivity contribution in [1.82, 2.24) is 15.5 Å². The number of nitrogens with zero attached hydrogens (tertiary/aromatic N) is 2. The molecule has 0 bridgehead atoms. The molecule has 1 aliphatic rings. The first-order valence-corrected chi connectivity index (χ1v) is 9.82. The molecule has 0 spiro atoms. The third-order valence-electron chi connectivity index (χ3n) is 4.38. The van der Waals surface area contributed by atoms with Crippen molar-refractivity contribution < 1.29 is 22.6 Å². The third-order valence-corrected chi connectivity index (χ3v) is 4.38. The van der Waals surface area contributed by atoms with Gasteiger partial charge in [-0.15, -0.1) is 0 Å². The molecule has 0 amide bonds. The zero-order valence-electron chi connectivity index (χ0n) is 17.3. The van der Waals surface area contributed by atoms with Crippen LogP contribution in [0.1, 0.15) is 19.4 Å². The molecule has 1 heterocycles. The van der Waals surface area contributed by atoms with Gasteiger partial charge in [0, 0.05) is 45.3 Å². The number of benzene rings is 1. The number of aliphatic imine (C=N–C) groups is 1. The fraction of sp³-hybridized carbons (Fsp3) is 0.650. The van der Waals surface area contributed by atoms with Crippen LogP contribution in [0.4, 0.5) is 13.2 Å². The van der Waals surface area contributed by atoms with E-state index in [1.54, 1.807) is 25.2 Å². The lowest BCUT2D eigenvalue weighted by molar-refractivity contribution is -0.153. The Hall–Kier alpha value is -2.00. The highest BCUT2D eigenvalue weighted by Gasteiger charge is 2.28. The van der Waals surface area contributed by atoms with E-state index in [1.165, 1.54) is 6.07 Å². The van der Waals surface area contributed by atoms with E-state index in [0.29, 0.717) is 37.1 Å². The second-order valence-electron chi connectivity index (χ2n) is 7.46. The summed E-state index contributed by atoms with van der Waals surface area (Å²) in [4.78, 5) is 6.57. The Balaban J connectivity index is 1.82. The van der Waals surface area contributed by atoms with Gasteiger partial charge in [-0.05, 0) is 12.0 Å². The smallest absolute Gasteiger partial charge is 0.422 e. The predicted octanol–water partition coefficient (Wildman–Crippen LogP) is 2.65. The molecular formula is C20H31F3N4O2. The summed E-state index contributed by atoms with van der Waals surface area (Å²) in [6.45, 7) is 7.51. The zero-order chi connectivity index (χ0) is 21.3. The van der Waals surface area contributed by atoms with Crippen LogP contribution in [0.2, 0.25) is 0 Å². The van der Waals surface area contributed by atoms with Gasteiger partial charge < -0.3 is 20.1 Å². The number of rotatable bonds is 8.